The van der Waals surface area contributed by atoms with Crippen LogP contribution in [0.3, 0.4) is 0 Å². The molecule has 6 fully saturated rings. The Morgan fingerprint density at radius 2 is 0.793 bits per heavy atom. The normalized spacial score (nSPS) is 22.0. The first-order valence-corrected chi connectivity index (χ1v) is 28.5. The summed E-state index contributed by atoms with van der Waals surface area (Å²) in [6, 6.07) is 10.6. The fourth-order valence-electron chi connectivity index (χ4n) is 12.7. The van der Waals surface area contributed by atoms with E-state index in [9.17, 15) is 17.6 Å². The van der Waals surface area contributed by atoms with Gasteiger partial charge in [-0.3, -0.25) is 0 Å². The Balaban J connectivity index is 0.000000280. The van der Waals surface area contributed by atoms with Gasteiger partial charge in [-0.05, 0) is 163 Å². The monoisotopic (exact) mass is 1260 g/mol. The molecule has 26 heteroatoms. The van der Waals surface area contributed by atoms with Crippen molar-refractivity contribution >= 4 is 120 Å². The van der Waals surface area contributed by atoms with Crippen LogP contribution >= 0.6 is 74.4 Å². The molecule has 2 aliphatic heterocycles. The zero-order valence-corrected chi connectivity index (χ0v) is 51.1. The molecule has 4 aliphatic carbocycles. The Bertz CT molecular complexity index is 2710. The number of benzene rings is 2. The van der Waals surface area contributed by atoms with Crippen LogP contribution in [0.15, 0.2) is 49.1 Å². The van der Waals surface area contributed by atoms with Gasteiger partial charge in [0.25, 0.3) is 0 Å². The SMILES string of the molecule is Cl.Cl.Cl.Cl.Cl.Cl.NC1CCC(Nc2nc(NN3CCC(Cc4ccc(F)c(F)c4)CC3)c3ncn(C4CCCC4)c3n2)CC1.NC1CCC(Nc2nc(NN3CCC(Cc4ccc(F)c(F)c4)CC3)c3ncn(C4CCCC4)c3n2)CC1. The second-order valence-electron chi connectivity index (χ2n) is 22.8. The maximum Gasteiger partial charge on any atom is 0.227 e. The lowest BCUT2D eigenvalue weighted by atomic mass is 9.90. The highest BCUT2D eigenvalue weighted by Gasteiger charge is 2.29. The van der Waals surface area contributed by atoms with E-state index < -0.39 is 23.3 Å². The number of rotatable bonds is 14. The second-order valence-corrected chi connectivity index (χ2v) is 22.8. The van der Waals surface area contributed by atoms with Crippen LogP contribution in [0.1, 0.15) is 152 Å². The molecule has 0 amide bonds. The number of anilines is 4. The Morgan fingerprint density at radius 3 is 1.13 bits per heavy atom. The van der Waals surface area contributed by atoms with E-state index in [-0.39, 0.29) is 74.4 Å². The second kappa shape index (κ2) is 32.0. The molecule has 6 heterocycles. The standard InChI is InChI=1S/2C28H38F2N8.6ClH/c2*29-23-10-5-19(16-24(23)30)15-18-11-13-37(14-12-18)36-26-25-27(38(17-32-25)22-3-1-2-4-22)35-28(34-26)33-21-8-6-20(31)7-9-21;;;;;;/h2*5,10,16-18,20-22H,1-4,6-9,11-15,31H2,(H2,33,34,35,36);6*1H. The molecule has 456 valence electrons. The molecular formula is C56H82Cl6F4N16. The van der Waals surface area contributed by atoms with Crippen LogP contribution in [0.5, 0.6) is 0 Å². The summed E-state index contributed by atoms with van der Waals surface area (Å²) in [5.41, 5.74) is 24.4. The van der Waals surface area contributed by atoms with Gasteiger partial charge in [0.1, 0.15) is 0 Å². The molecule has 12 rings (SSSR count). The van der Waals surface area contributed by atoms with E-state index in [4.69, 9.17) is 41.4 Å². The van der Waals surface area contributed by atoms with E-state index >= 15 is 0 Å². The van der Waals surface area contributed by atoms with Gasteiger partial charge in [0, 0.05) is 62.4 Å². The van der Waals surface area contributed by atoms with Gasteiger partial charge in [-0.1, -0.05) is 37.8 Å². The molecule has 8 N–H and O–H groups in total. The molecule has 0 radical (unpaired) electrons. The summed E-state index contributed by atoms with van der Waals surface area (Å²) in [6.07, 6.45) is 27.0. The number of hydrogen-bond acceptors (Lipinski definition) is 14. The Hall–Kier alpha value is -3.96. The van der Waals surface area contributed by atoms with Crippen LogP contribution in [-0.2, 0) is 12.8 Å². The number of hydrogen-bond donors (Lipinski definition) is 6. The molecule has 0 atom stereocenters. The number of nitrogens with one attached hydrogen (secondary N) is 4. The fourth-order valence-corrected chi connectivity index (χ4v) is 12.7. The van der Waals surface area contributed by atoms with E-state index in [0.29, 0.717) is 60.0 Å². The summed E-state index contributed by atoms with van der Waals surface area (Å²) in [5.74, 6) is 0.502. The maximum atomic E-state index is 13.6. The smallest absolute Gasteiger partial charge is 0.227 e. The highest BCUT2D eigenvalue weighted by molar-refractivity contribution is 5.87. The van der Waals surface area contributed by atoms with E-state index in [1.807, 2.05) is 12.7 Å². The van der Waals surface area contributed by atoms with Crippen LogP contribution in [-0.4, -0.2) is 99.4 Å². The van der Waals surface area contributed by atoms with Crippen molar-refractivity contribution in [2.24, 2.45) is 23.3 Å². The number of fused-ring (bicyclic) bond motifs is 2. The third kappa shape index (κ3) is 17.1. The van der Waals surface area contributed by atoms with Crippen LogP contribution in [0.2, 0.25) is 0 Å². The summed E-state index contributed by atoms with van der Waals surface area (Å²) in [7, 11) is 0. The lowest BCUT2D eigenvalue weighted by molar-refractivity contribution is 0.216. The molecular weight excluding hydrogens is 1190 g/mol. The number of piperidine rings is 2. The van der Waals surface area contributed by atoms with Crippen molar-refractivity contribution in [3.63, 3.8) is 0 Å². The van der Waals surface area contributed by atoms with E-state index in [1.165, 1.54) is 49.9 Å². The van der Waals surface area contributed by atoms with Gasteiger partial charge in [0.15, 0.2) is 57.2 Å². The van der Waals surface area contributed by atoms with Crippen molar-refractivity contribution in [2.75, 3.05) is 47.7 Å². The third-order valence-electron chi connectivity index (χ3n) is 17.3. The number of hydrazine groups is 2. The molecule has 4 aromatic heterocycles. The Kier molecular flexibility index (Phi) is 26.8. The van der Waals surface area contributed by atoms with Crippen molar-refractivity contribution in [3.05, 3.63) is 83.4 Å². The molecule has 2 aromatic carbocycles. The number of nitrogens with two attached hydrogens (primary N) is 2. The molecule has 4 saturated carbocycles. The lowest BCUT2D eigenvalue weighted by Crippen LogP contribution is -2.39. The molecule has 2 saturated heterocycles. The largest absolute Gasteiger partial charge is 0.351 e. The quantitative estimate of drug-likeness (QED) is 0.0564. The van der Waals surface area contributed by atoms with E-state index in [0.717, 1.165) is 187 Å². The minimum Gasteiger partial charge on any atom is -0.351 e. The minimum absolute atomic E-state index is 0. The first-order valence-electron chi connectivity index (χ1n) is 28.5. The Labute approximate surface area is 515 Å². The van der Waals surface area contributed by atoms with Crippen molar-refractivity contribution in [2.45, 2.75) is 178 Å². The topological polar surface area (TPSA) is 194 Å². The highest BCUT2D eigenvalue weighted by Crippen LogP contribution is 2.36. The van der Waals surface area contributed by atoms with Crippen LogP contribution in [0.25, 0.3) is 22.3 Å². The van der Waals surface area contributed by atoms with Crippen molar-refractivity contribution in [1.82, 2.24) is 49.1 Å². The number of imidazole rings is 2. The minimum atomic E-state index is -0.791. The number of halogens is 10. The van der Waals surface area contributed by atoms with Gasteiger partial charge in [-0.2, -0.15) is 19.9 Å². The van der Waals surface area contributed by atoms with Gasteiger partial charge in [0.2, 0.25) is 11.9 Å². The summed E-state index contributed by atoms with van der Waals surface area (Å²) in [6.45, 7) is 3.36. The average molecular weight is 1270 g/mol. The first-order chi connectivity index (χ1) is 37.0. The molecule has 6 aliphatic rings. The van der Waals surface area contributed by atoms with Gasteiger partial charge in [0.05, 0.1) is 12.7 Å². The van der Waals surface area contributed by atoms with Crippen LogP contribution in [0, 0.1) is 35.1 Å². The molecule has 0 spiro atoms. The van der Waals surface area contributed by atoms with Gasteiger partial charge < -0.3 is 42.1 Å². The lowest BCUT2D eigenvalue weighted by Gasteiger charge is -2.32. The first kappa shape index (κ1) is 68.8. The van der Waals surface area contributed by atoms with E-state index in [1.54, 1.807) is 12.1 Å². The molecule has 82 heavy (non-hydrogen) atoms. The summed E-state index contributed by atoms with van der Waals surface area (Å²) in [4.78, 5) is 29.2. The summed E-state index contributed by atoms with van der Waals surface area (Å²) in [5, 5.41) is 11.6. The average Bonchev–Trinajstić information content (AvgIpc) is 4.32. The third-order valence-corrected chi connectivity index (χ3v) is 17.3. The van der Waals surface area contributed by atoms with E-state index in [2.05, 4.69) is 40.6 Å². The fraction of sp³-hybridized carbons (Fsp3) is 0.607. The predicted octanol–water partition coefficient (Wildman–Crippen LogP) is 12.9. The molecule has 6 aromatic rings. The zero-order valence-electron chi connectivity index (χ0n) is 46.2. The maximum absolute atomic E-state index is 13.6. The van der Waals surface area contributed by atoms with Crippen LogP contribution < -0.4 is 33.0 Å². The highest BCUT2D eigenvalue weighted by atomic mass is 35.5. The zero-order chi connectivity index (χ0) is 52.1. The van der Waals surface area contributed by atoms with Gasteiger partial charge >= 0.3 is 0 Å². The predicted molar refractivity (Wildman–Crippen MR) is 333 cm³/mol. The number of aromatic nitrogens is 8. The molecule has 0 unspecified atom stereocenters. The van der Waals surface area contributed by atoms with Crippen molar-refractivity contribution in [1.29, 1.82) is 0 Å². The summed E-state index contributed by atoms with van der Waals surface area (Å²) >= 11 is 0. The van der Waals surface area contributed by atoms with Crippen LogP contribution in [0.4, 0.5) is 41.1 Å². The Morgan fingerprint density at radius 1 is 0.439 bits per heavy atom. The number of nitrogens with zero attached hydrogens (tertiary/aromatic N) is 10. The summed E-state index contributed by atoms with van der Waals surface area (Å²) < 4.78 is 58.4. The molecule has 0 bridgehead atoms. The van der Waals surface area contributed by atoms with Gasteiger partial charge in [-0.25, -0.2) is 37.5 Å². The van der Waals surface area contributed by atoms with Crippen molar-refractivity contribution in [3.8, 4) is 0 Å². The van der Waals surface area contributed by atoms with Crippen molar-refractivity contribution < 1.29 is 17.6 Å². The molecule has 16 nitrogen and oxygen atoms in total. The van der Waals surface area contributed by atoms with Gasteiger partial charge in [-0.15, -0.1) is 74.4 Å².